The summed E-state index contributed by atoms with van der Waals surface area (Å²) in [6.07, 6.45) is 3.41. The van der Waals surface area contributed by atoms with E-state index >= 15 is 0 Å². The lowest BCUT2D eigenvalue weighted by molar-refractivity contribution is 0.474. The Morgan fingerprint density at radius 3 is 2.89 bits per heavy atom. The average Bonchev–Trinajstić information content (AvgIpc) is 2.98. The van der Waals surface area contributed by atoms with E-state index in [1.807, 2.05) is 30.1 Å². The van der Waals surface area contributed by atoms with Gasteiger partial charge in [0, 0.05) is 19.9 Å². The van der Waals surface area contributed by atoms with Crippen LogP contribution in [0.15, 0.2) is 41.1 Å². The molecule has 0 amide bonds. The summed E-state index contributed by atoms with van der Waals surface area (Å²) in [5.74, 6) is 1.93. The standard InChI is InChI=1S/C15H17N3O/c1-18-10-17-14-9-11(2-5-15(14)18)8-13-4-3-12(19-13)6-7-16/h2-5,9-10H,6-8,16H2,1H3. The van der Waals surface area contributed by atoms with Gasteiger partial charge in [-0.25, -0.2) is 4.98 Å². The second-order valence-electron chi connectivity index (χ2n) is 4.76. The topological polar surface area (TPSA) is 57.0 Å². The number of aromatic nitrogens is 2. The van der Waals surface area contributed by atoms with Crippen molar-refractivity contribution in [1.82, 2.24) is 9.55 Å². The van der Waals surface area contributed by atoms with E-state index in [-0.39, 0.29) is 0 Å². The van der Waals surface area contributed by atoms with Gasteiger partial charge in [0.2, 0.25) is 0 Å². The Labute approximate surface area is 111 Å². The van der Waals surface area contributed by atoms with Crippen LogP contribution in [0.2, 0.25) is 0 Å². The van der Waals surface area contributed by atoms with Crippen molar-refractivity contribution in [2.75, 3.05) is 6.54 Å². The van der Waals surface area contributed by atoms with E-state index in [2.05, 4.69) is 23.2 Å². The Kier molecular flexibility index (Phi) is 3.09. The smallest absolute Gasteiger partial charge is 0.108 e. The summed E-state index contributed by atoms with van der Waals surface area (Å²) in [5, 5.41) is 0. The van der Waals surface area contributed by atoms with E-state index < -0.39 is 0 Å². The highest BCUT2D eigenvalue weighted by atomic mass is 16.3. The van der Waals surface area contributed by atoms with E-state index in [1.54, 1.807) is 0 Å². The van der Waals surface area contributed by atoms with E-state index in [4.69, 9.17) is 10.2 Å². The molecule has 0 atom stereocenters. The van der Waals surface area contributed by atoms with Gasteiger partial charge in [-0.15, -0.1) is 0 Å². The van der Waals surface area contributed by atoms with Crippen molar-refractivity contribution in [1.29, 1.82) is 0 Å². The third kappa shape index (κ3) is 2.39. The summed E-state index contributed by atoms with van der Waals surface area (Å²) in [4.78, 5) is 4.37. The van der Waals surface area contributed by atoms with Crippen LogP contribution in [0.4, 0.5) is 0 Å². The van der Waals surface area contributed by atoms with Crippen molar-refractivity contribution in [3.05, 3.63) is 53.7 Å². The molecule has 4 heteroatoms. The summed E-state index contributed by atoms with van der Waals surface area (Å²) in [6, 6.07) is 10.4. The molecule has 19 heavy (non-hydrogen) atoms. The van der Waals surface area contributed by atoms with Gasteiger partial charge in [-0.2, -0.15) is 0 Å². The van der Waals surface area contributed by atoms with Crippen molar-refractivity contribution in [2.24, 2.45) is 12.8 Å². The minimum atomic E-state index is 0.618. The molecule has 0 fully saturated rings. The molecule has 2 N–H and O–H groups in total. The molecule has 4 nitrogen and oxygen atoms in total. The molecule has 0 aliphatic rings. The van der Waals surface area contributed by atoms with E-state index in [1.165, 1.54) is 5.56 Å². The number of imidazole rings is 1. The van der Waals surface area contributed by atoms with Gasteiger partial charge >= 0.3 is 0 Å². The molecule has 98 valence electrons. The molecule has 3 rings (SSSR count). The Hall–Kier alpha value is -2.07. The summed E-state index contributed by atoms with van der Waals surface area (Å²) in [6.45, 7) is 0.618. The fraction of sp³-hybridized carbons (Fsp3) is 0.267. The van der Waals surface area contributed by atoms with Crippen LogP contribution in [0, 0.1) is 0 Å². The molecular weight excluding hydrogens is 238 g/mol. The first-order chi connectivity index (χ1) is 9.26. The van der Waals surface area contributed by atoms with Crippen LogP contribution >= 0.6 is 0 Å². The maximum atomic E-state index is 5.74. The van der Waals surface area contributed by atoms with Crippen LogP contribution in [-0.4, -0.2) is 16.1 Å². The van der Waals surface area contributed by atoms with E-state index in [0.29, 0.717) is 6.54 Å². The molecule has 0 spiro atoms. The van der Waals surface area contributed by atoms with E-state index in [9.17, 15) is 0 Å². The van der Waals surface area contributed by atoms with Gasteiger partial charge < -0.3 is 14.7 Å². The second-order valence-corrected chi connectivity index (χ2v) is 4.76. The number of rotatable bonds is 4. The molecule has 1 aromatic carbocycles. The molecule has 0 saturated carbocycles. The zero-order valence-corrected chi connectivity index (χ0v) is 11.0. The maximum Gasteiger partial charge on any atom is 0.108 e. The monoisotopic (exact) mass is 255 g/mol. The third-order valence-electron chi connectivity index (χ3n) is 3.28. The number of furan rings is 1. The van der Waals surface area contributed by atoms with Gasteiger partial charge in [0.05, 0.1) is 17.4 Å². The van der Waals surface area contributed by atoms with Gasteiger partial charge in [0.25, 0.3) is 0 Å². The first-order valence-electron chi connectivity index (χ1n) is 6.44. The number of nitrogens with two attached hydrogens (primary N) is 1. The maximum absolute atomic E-state index is 5.74. The molecule has 2 aromatic heterocycles. The Morgan fingerprint density at radius 1 is 1.21 bits per heavy atom. The number of aryl methyl sites for hydroxylation is 1. The first kappa shape index (κ1) is 12.0. The van der Waals surface area contributed by atoms with Crippen molar-refractivity contribution < 1.29 is 4.42 Å². The van der Waals surface area contributed by atoms with Gasteiger partial charge in [0.1, 0.15) is 11.5 Å². The molecule has 0 aliphatic heterocycles. The van der Waals surface area contributed by atoms with Crippen molar-refractivity contribution in [2.45, 2.75) is 12.8 Å². The molecule has 0 unspecified atom stereocenters. The quantitative estimate of drug-likeness (QED) is 0.778. The van der Waals surface area contributed by atoms with Crippen LogP contribution in [0.3, 0.4) is 0 Å². The summed E-state index contributed by atoms with van der Waals surface area (Å²) < 4.78 is 7.76. The number of hydrogen-bond acceptors (Lipinski definition) is 3. The summed E-state index contributed by atoms with van der Waals surface area (Å²) in [7, 11) is 2.00. The van der Waals surface area contributed by atoms with Gasteiger partial charge in [0.15, 0.2) is 0 Å². The fourth-order valence-electron chi connectivity index (χ4n) is 2.29. The predicted molar refractivity (Wildman–Crippen MR) is 75.0 cm³/mol. The van der Waals surface area contributed by atoms with Gasteiger partial charge in [-0.1, -0.05) is 6.07 Å². The number of benzene rings is 1. The molecule has 3 aromatic rings. The highest BCUT2D eigenvalue weighted by molar-refractivity contribution is 5.76. The molecule has 0 bridgehead atoms. The molecule has 0 radical (unpaired) electrons. The number of fused-ring (bicyclic) bond motifs is 1. The van der Waals surface area contributed by atoms with Crippen LogP contribution in [0.1, 0.15) is 17.1 Å². The largest absolute Gasteiger partial charge is 0.466 e. The van der Waals surface area contributed by atoms with Crippen LogP contribution < -0.4 is 5.73 Å². The first-order valence-corrected chi connectivity index (χ1v) is 6.44. The highest BCUT2D eigenvalue weighted by Gasteiger charge is 2.05. The predicted octanol–water partition coefficient (Wildman–Crippen LogP) is 2.26. The van der Waals surface area contributed by atoms with Gasteiger partial charge in [-0.05, 0) is 36.4 Å². The van der Waals surface area contributed by atoms with Crippen LogP contribution in [-0.2, 0) is 19.9 Å². The number of nitrogens with zero attached hydrogens (tertiary/aromatic N) is 2. The molecular formula is C15H17N3O. The summed E-state index contributed by atoms with van der Waals surface area (Å²) in [5.41, 5.74) is 8.89. The third-order valence-corrected chi connectivity index (χ3v) is 3.28. The molecule has 0 saturated heterocycles. The van der Waals surface area contributed by atoms with Crippen LogP contribution in [0.5, 0.6) is 0 Å². The lowest BCUT2D eigenvalue weighted by Gasteiger charge is -2.00. The van der Waals surface area contributed by atoms with Gasteiger partial charge in [-0.3, -0.25) is 0 Å². The Morgan fingerprint density at radius 2 is 2.05 bits per heavy atom. The highest BCUT2D eigenvalue weighted by Crippen LogP contribution is 2.18. The van der Waals surface area contributed by atoms with Crippen LogP contribution in [0.25, 0.3) is 11.0 Å². The number of hydrogen-bond donors (Lipinski definition) is 1. The average molecular weight is 255 g/mol. The Bertz CT molecular complexity index is 696. The molecule has 0 aliphatic carbocycles. The minimum absolute atomic E-state index is 0.618. The zero-order chi connectivity index (χ0) is 13.2. The van der Waals surface area contributed by atoms with Crippen molar-refractivity contribution in [3.63, 3.8) is 0 Å². The minimum Gasteiger partial charge on any atom is -0.466 e. The van der Waals surface area contributed by atoms with E-state index in [0.717, 1.165) is 35.4 Å². The van der Waals surface area contributed by atoms with Crippen molar-refractivity contribution in [3.8, 4) is 0 Å². The summed E-state index contributed by atoms with van der Waals surface area (Å²) >= 11 is 0. The fourth-order valence-corrected chi connectivity index (χ4v) is 2.29. The van der Waals surface area contributed by atoms with Crippen molar-refractivity contribution >= 4 is 11.0 Å². The second kappa shape index (κ2) is 4.90. The SMILES string of the molecule is Cn1cnc2cc(Cc3ccc(CCN)o3)ccc21. The normalized spacial score (nSPS) is 11.3. The lowest BCUT2D eigenvalue weighted by Crippen LogP contribution is -2.01. The molecule has 2 heterocycles. The Balaban J connectivity index is 1.83. The zero-order valence-electron chi connectivity index (χ0n) is 11.0. The lowest BCUT2D eigenvalue weighted by atomic mass is 10.1.